The summed E-state index contributed by atoms with van der Waals surface area (Å²) in [7, 11) is 0. The van der Waals surface area contributed by atoms with E-state index in [0.717, 1.165) is 6.54 Å². The number of nitrogens with one attached hydrogen (secondary N) is 2. The monoisotopic (exact) mass is 272 g/mol. The number of hydrogen-bond acceptors (Lipinski definition) is 5. The van der Waals surface area contributed by atoms with Crippen molar-refractivity contribution in [3.8, 4) is 0 Å². The van der Waals surface area contributed by atoms with Crippen molar-refractivity contribution in [3.05, 3.63) is 0 Å². The van der Waals surface area contributed by atoms with Crippen molar-refractivity contribution in [2.24, 2.45) is 11.8 Å². The maximum Gasteiger partial charge on any atom is 0.311 e. The van der Waals surface area contributed by atoms with Gasteiger partial charge in [-0.3, -0.25) is 9.59 Å². The Balaban J connectivity index is 1.91. The van der Waals surface area contributed by atoms with Gasteiger partial charge in [0, 0.05) is 6.04 Å². The maximum atomic E-state index is 12.2. The van der Waals surface area contributed by atoms with E-state index < -0.39 is 17.9 Å². The predicted octanol–water partition coefficient (Wildman–Crippen LogP) is -1.17. The molecule has 0 radical (unpaired) electrons. The first-order valence-corrected chi connectivity index (χ1v) is 6.55. The molecule has 0 saturated carbocycles. The highest BCUT2D eigenvalue weighted by Gasteiger charge is 2.39. The van der Waals surface area contributed by atoms with Crippen molar-refractivity contribution in [3.63, 3.8) is 0 Å². The second-order valence-corrected chi connectivity index (χ2v) is 4.91. The molecular formula is C12H20N2O5. The van der Waals surface area contributed by atoms with Gasteiger partial charge in [-0.1, -0.05) is 6.92 Å². The number of carboxylic acids is 1. The van der Waals surface area contributed by atoms with Crippen LogP contribution in [0.5, 0.6) is 0 Å². The Morgan fingerprint density at radius 2 is 1.74 bits per heavy atom. The third-order valence-corrected chi connectivity index (χ3v) is 3.61. The van der Waals surface area contributed by atoms with E-state index >= 15 is 0 Å². The largest absolute Gasteiger partial charge is 0.481 e. The van der Waals surface area contributed by atoms with E-state index in [4.69, 9.17) is 14.6 Å². The van der Waals surface area contributed by atoms with Gasteiger partial charge in [-0.2, -0.15) is 0 Å². The van der Waals surface area contributed by atoms with Gasteiger partial charge in [0.25, 0.3) is 0 Å². The summed E-state index contributed by atoms with van der Waals surface area (Å²) in [5, 5.41) is 15.0. The van der Waals surface area contributed by atoms with E-state index in [1.54, 1.807) is 0 Å². The summed E-state index contributed by atoms with van der Waals surface area (Å²) in [6, 6.07) is -0.455. The Morgan fingerprint density at radius 1 is 1.11 bits per heavy atom. The summed E-state index contributed by atoms with van der Waals surface area (Å²) < 4.78 is 10.4. The van der Waals surface area contributed by atoms with Gasteiger partial charge in [-0.15, -0.1) is 0 Å². The van der Waals surface area contributed by atoms with Crippen molar-refractivity contribution in [1.82, 2.24) is 10.6 Å². The van der Waals surface area contributed by atoms with Crippen LogP contribution >= 0.6 is 0 Å². The number of hydrogen-bond donors (Lipinski definition) is 3. The molecule has 108 valence electrons. The molecule has 0 aromatic carbocycles. The summed E-state index contributed by atoms with van der Waals surface area (Å²) in [5.74, 6) is -2.03. The second-order valence-electron chi connectivity index (χ2n) is 4.91. The van der Waals surface area contributed by atoms with E-state index in [2.05, 4.69) is 10.6 Å². The van der Waals surface area contributed by atoms with Crippen LogP contribution < -0.4 is 10.6 Å². The van der Waals surface area contributed by atoms with Gasteiger partial charge >= 0.3 is 5.97 Å². The molecule has 2 rings (SSSR count). The lowest BCUT2D eigenvalue weighted by Gasteiger charge is -2.21. The van der Waals surface area contributed by atoms with Gasteiger partial charge in [-0.25, -0.2) is 0 Å². The molecule has 4 atom stereocenters. The Kier molecular flexibility index (Phi) is 4.73. The van der Waals surface area contributed by atoms with Crippen LogP contribution in [0.1, 0.15) is 6.92 Å². The molecule has 19 heavy (non-hydrogen) atoms. The molecule has 0 bridgehead atoms. The van der Waals surface area contributed by atoms with Crippen LogP contribution in [-0.4, -0.2) is 62.0 Å². The van der Waals surface area contributed by atoms with Gasteiger partial charge in [0.1, 0.15) is 5.92 Å². The number of carbonyl (C=O) groups excluding carboxylic acids is 1. The van der Waals surface area contributed by atoms with Gasteiger partial charge in [0.15, 0.2) is 0 Å². The minimum Gasteiger partial charge on any atom is -0.481 e. The van der Waals surface area contributed by atoms with Crippen molar-refractivity contribution in [2.45, 2.75) is 19.0 Å². The van der Waals surface area contributed by atoms with Gasteiger partial charge in [0.2, 0.25) is 5.91 Å². The Bertz CT molecular complexity index is 349. The SMILES string of the molecule is CCNC1COCC1C(=O)NC1COCC1C(=O)O. The third-order valence-electron chi connectivity index (χ3n) is 3.61. The van der Waals surface area contributed by atoms with Gasteiger partial charge in [-0.05, 0) is 6.54 Å². The summed E-state index contributed by atoms with van der Waals surface area (Å²) in [6.07, 6.45) is 0. The van der Waals surface area contributed by atoms with E-state index in [1.165, 1.54) is 0 Å². The quantitative estimate of drug-likeness (QED) is 0.583. The molecule has 2 aliphatic rings. The molecule has 0 aliphatic carbocycles. The van der Waals surface area contributed by atoms with Crippen LogP contribution in [0.4, 0.5) is 0 Å². The molecule has 0 spiro atoms. The lowest BCUT2D eigenvalue weighted by Crippen LogP contribution is -2.49. The lowest BCUT2D eigenvalue weighted by molar-refractivity contribution is -0.142. The molecular weight excluding hydrogens is 252 g/mol. The Morgan fingerprint density at radius 3 is 2.37 bits per heavy atom. The van der Waals surface area contributed by atoms with E-state index in [-0.39, 0.29) is 31.1 Å². The van der Waals surface area contributed by atoms with Crippen LogP contribution in [0.25, 0.3) is 0 Å². The third kappa shape index (κ3) is 3.23. The highest BCUT2D eigenvalue weighted by atomic mass is 16.5. The first-order valence-electron chi connectivity index (χ1n) is 6.55. The number of amides is 1. The zero-order valence-corrected chi connectivity index (χ0v) is 10.9. The summed E-state index contributed by atoms with van der Waals surface area (Å²) in [5.41, 5.74) is 0. The predicted molar refractivity (Wildman–Crippen MR) is 65.6 cm³/mol. The number of rotatable bonds is 5. The highest BCUT2D eigenvalue weighted by molar-refractivity contribution is 5.81. The van der Waals surface area contributed by atoms with Crippen LogP contribution in [0.2, 0.25) is 0 Å². The molecule has 1 amide bonds. The van der Waals surface area contributed by atoms with E-state index in [9.17, 15) is 9.59 Å². The normalized spacial score (nSPS) is 34.4. The maximum absolute atomic E-state index is 12.2. The van der Waals surface area contributed by atoms with Gasteiger partial charge < -0.3 is 25.2 Å². The van der Waals surface area contributed by atoms with Crippen molar-refractivity contribution >= 4 is 11.9 Å². The van der Waals surface area contributed by atoms with Crippen LogP contribution in [0.15, 0.2) is 0 Å². The molecule has 0 aromatic heterocycles. The highest BCUT2D eigenvalue weighted by Crippen LogP contribution is 2.18. The summed E-state index contributed by atoms with van der Waals surface area (Å²) >= 11 is 0. The van der Waals surface area contributed by atoms with E-state index in [1.807, 2.05) is 6.92 Å². The average molecular weight is 272 g/mol. The molecule has 2 fully saturated rings. The number of likely N-dealkylation sites (N-methyl/N-ethyl adjacent to an activating group) is 1. The van der Waals surface area contributed by atoms with Crippen molar-refractivity contribution in [2.75, 3.05) is 33.0 Å². The fourth-order valence-corrected chi connectivity index (χ4v) is 2.51. The Hall–Kier alpha value is -1.18. The molecule has 2 saturated heterocycles. The number of carbonyl (C=O) groups is 2. The molecule has 2 heterocycles. The minimum absolute atomic E-state index is 0.00407. The standard InChI is InChI=1S/C12H20N2O5/c1-2-13-9-5-18-3-7(9)11(15)14-10-6-19-4-8(10)12(16)17/h7-10,13H,2-6H2,1H3,(H,14,15)(H,16,17). The fourth-order valence-electron chi connectivity index (χ4n) is 2.51. The molecule has 2 aliphatic heterocycles. The average Bonchev–Trinajstić information content (AvgIpc) is 2.98. The smallest absolute Gasteiger partial charge is 0.311 e. The fraction of sp³-hybridized carbons (Fsp3) is 0.833. The topological polar surface area (TPSA) is 96.9 Å². The first-order chi connectivity index (χ1) is 9.13. The second kappa shape index (κ2) is 6.31. The van der Waals surface area contributed by atoms with Gasteiger partial charge in [0.05, 0.1) is 38.4 Å². The van der Waals surface area contributed by atoms with Crippen LogP contribution in [-0.2, 0) is 19.1 Å². The molecule has 3 N–H and O–H groups in total. The Labute approximate surface area is 111 Å². The van der Waals surface area contributed by atoms with E-state index in [0.29, 0.717) is 13.2 Å². The molecule has 4 unspecified atom stereocenters. The number of ether oxygens (including phenoxy) is 2. The zero-order valence-electron chi connectivity index (χ0n) is 10.9. The molecule has 0 aromatic rings. The number of aliphatic carboxylic acids is 1. The summed E-state index contributed by atoms with van der Waals surface area (Å²) in [4.78, 5) is 23.2. The minimum atomic E-state index is -0.936. The first kappa shape index (κ1) is 14.2. The summed E-state index contributed by atoms with van der Waals surface area (Å²) in [6.45, 7) is 4.02. The zero-order chi connectivity index (χ0) is 13.8. The lowest BCUT2D eigenvalue weighted by atomic mass is 9.99. The number of carboxylic acid groups (broad SMARTS) is 1. The van der Waals surface area contributed by atoms with Crippen molar-refractivity contribution in [1.29, 1.82) is 0 Å². The van der Waals surface area contributed by atoms with Crippen LogP contribution in [0, 0.1) is 11.8 Å². The van der Waals surface area contributed by atoms with Crippen LogP contribution in [0.3, 0.4) is 0 Å². The molecule has 7 heteroatoms. The molecule has 7 nitrogen and oxygen atoms in total. The van der Waals surface area contributed by atoms with Crippen molar-refractivity contribution < 1.29 is 24.2 Å².